The highest BCUT2D eigenvalue weighted by atomic mass is 35.5. The van der Waals surface area contributed by atoms with Crippen molar-refractivity contribution in [2.45, 2.75) is 61.3 Å². The highest BCUT2D eigenvalue weighted by Crippen LogP contribution is 2.41. The van der Waals surface area contributed by atoms with Crippen molar-refractivity contribution in [3.05, 3.63) is 87.4 Å². The number of rotatable bonds is 3. The first-order chi connectivity index (χ1) is 16.8. The Balaban J connectivity index is 1.94. The van der Waals surface area contributed by atoms with Gasteiger partial charge in [0.1, 0.15) is 11.5 Å². The van der Waals surface area contributed by atoms with Crippen molar-refractivity contribution >= 4 is 34.8 Å². The lowest BCUT2D eigenvalue weighted by atomic mass is 9.76. The van der Waals surface area contributed by atoms with Crippen LogP contribution in [-0.4, -0.2) is 5.78 Å². The number of hydrogen-bond acceptors (Lipinski definition) is 4. The molecule has 1 aromatic heterocycles. The molecule has 0 saturated carbocycles. The number of carbonyl (C=O) groups is 1. The molecular formula is C31H35ClN2O2. The fourth-order valence-corrected chi connectivity index (χ4v) is 4.75. The monoisotopic (exact) mass is 502 g/mol. The number of benzene rings is 1. The SMILES string of the molecule is CC1C=Cc2oc(/C(N=Nc3cccc(Cl)c3)=C3\C=C(C(C)(C)C)C(=O)C(C(C)(C)C)=CC3)cc2C1. The molecule has 0 fully saturated rings. The van der Waals surface area contributed by atoms with Gasteiger partial charge >= 0.3 is 0 Å². The van der Waals surface area contributed by atoms with Crippen LogP contribution >= 0.6 is 11.6 Å². The first-order valence-electron chi connectivity index (χ1n) is 12.5. The molecule has 1 atom stereocenters. The molecular weight excluding hydrogens is 468 g/mol. The van der Waals surface area contributed by atoms with Crippen LogP contribution in [0.1, 0.15) is 72.0 Å². The van der Waals surface area contributed by atoms with Gasteiger partial charge in [-0.2, -0.15) is 5.11 Å². The van der Waals surface area contributed by atoms with E-state index in [0.717, 1.165) is 34.5 Å². The molecule has 1 unspecified atom stereocenters. The van der Waals surface area contributed by atoms with Crippen molar-refractivity contribution in [3.63, 3.8) is 0 Å². The van der Waals surface area contributed by atoms with Crippen molar-refractivity contribution in [2.24, 2.45) is 27.0 Å². The summed E-state index contributed by atoms with van der Waals surface area (Å²) < 4.78 is 6.31. The molecule has 0 amide bonds. The molecule has 0 radical (unpaired) electrons. The maximum atomic E-state index is 13.7. The molecule has 4 rings (SSSR count). The Labute approximate surface area is 219 Å². The molecule has 0 bridgehead atoms. The summed E-state index contributed by atoms with van der Waals surface area (Å²) in [4.78, 5) is 13.7. The lowest BCUT2D eigenvalue weighted by Gasteiger charge is -2.27. The number of carbonyl (C=O) groups excluding carboxylic acids is 1. The van der Waals surface area contributed by atoms with Crippen LogP contribution in [0.5, 0.6) is 0 Å². The predicted octanol–water partition coefficient (Wildman–Crippen LogP) is 9.55. The van der Waals surface area contributed by atoms with E-state index in [0.29, 0.717) is 34.5 Å². The molecule has 0 spiro atoms. The molecule has 1 heterocycles. The van der Waals surface area contributed by atoms with Crippen LogP contribution in [-0.2, 0) is 11.2 Å². The number of furan rings is 1. The molecule has 0 N–H and O–H groups in total. The Morgan fingerprint density at radius 3 is 2.44 bits per heavy atom. The summed E-state index contributed by atoms with van der Waals surface area (Å²) in [6, 6.07) is 9.36. The van der Waals surface area contributed by atoms with Crippen LogP contribution in [0, 0.1) is 16.7 Å². The zero-order chi connectivity index (χ0) is 26.3. The van der Waals surface area contributed by atoms with Gasteiger partial charge in [0.15, 0.2) is 11.5 Å². The quantitative estimate of drug-likeness (QED) is 0.392. The molecule has 2 aliphatic rings. The summed E-state index contributed by atoms with van der Waals surface area (Å²) in [6.07, 6.45) is 9.72. The Morgan fingerprint density at radius 2 is 1.78 bits per heavy atom. The minimum absolute atomic E-state index is 0.0895. The van der Waals surface area contributed by atoms with Gasteiger partial charge in [0.25, 0.3) is 0 Å². The summed E-state index contributed by atoms with van der Waals surface area (Å²) in [5, 5.41) is 9.82. The van der Waals surface area contributed by atoms with E-state index in [4.69, 9.17) is 21.1 Å². The predicted molar refractivity (Wildman–Crippen MR) is 148 cm³/mol. The van der Waals surface area contributed by atoms with Crippen LogP contribution in [0.25, 0.3) is 11.8 Å². The van der Waals surface area contributed by atoms with Gasteiger partial charge in [0, 0.05) is 16.2 Å². The third-order valence-electron chi connectivity index (χ3n) is 6.52. The Hall–Kier alpha value is -2.98. The highest BCUT2D eigenvalue weighted by Gasteiger charge is 2.33. The molecule has 0 saturated heterocycles. The van der Waals surface area contributed by atoms with Crippen molar-refractivity contribution in [1.82, 2.24) is 0 Å². The minimum Gasteiger partial charge on any atom is -0.455 e. The van der Waals surface area contributed by atoms with Gasteiger partial charge in [0.05, 0.1) is 5.69 Å². The van der Waals surface area contributed by atoms with Crippen LogP contribution in [0.15, 0.2) is 79.9 Å². The minimum atomic E-state index is -0.340. The van der Waals surface area contributed by atoms with Gasteiger partial charge in [-0.05, 0) is 77.1 Å². The number of nitrogens with zero attached hydrogens (tertiary/aromatic N) is 2. The van der Waals surface area contributed by atoms with E-state index in [2.05, 4.69) is 65.7 Å². The van der Waals surface area contributed by atoms with Crippen LogP contribution < -0.4 is 0 Å². The Morgan fingerprint density at radius 1 is 1.06 bits per heavy atom. The van der Waals surface area contributed by atoms with Crippen molar-refractivity contribution in [1.29, 1.82) is 0 Å². The zero-order valence-electron chi connectivity index (χ0n) is 22.3. The molecule has 36 heavy (non-hydrogen) atoms. The average Bonchev–Trinajstić information content (AvgIpc) is 3.08. The first-order valence-corrected chi connectivity index (χ1v) is 12.9. The van der Waals surface area contributed by atoms with E-state index in [1.807, 2.05) is 36.4 Å². The Kier molecular flexibility index (Phi) is 7.12. The largest absolute Gasteiger partial charge is 0.455 e. The third kappa shape index (κ3) is 5.70. The second-order valence-corrected chi connectivity index (χ2v) is 12.2. The second kappa shape index (κ2) is 9.82. The second-order valence-electron chi connectivity index (χ2n) is 11.8. The van der Waals surface area contributed by atoms with Gasteiger partial charge in [-0.15, -0.1) is 5.11 Å². The standard InChI is InChI=1S/C31H35ClN2O2/c1-19-11-14-26-21(15-19)17-27(36-26)28(34-33-23-10-8-9-22(32)18-23)20-12-13-24(30(2,3)4)29(35)25(16-20)31(5,6)7/h8-11,13-14,16-19H,12,15H2,1-7H3/b28-20+,34-33?. The van der Waals surface area contributed by atoms with E-state index in [1.165, 1.54) is 0 Å². The van der Waals surface area contributed by atoms with Crippen molar-refractivity contribution < 1.29 is 9.21 Å². The van der Waals surface area contributed by atoms with E-state index in [1.54, 1.807) is 6.07 Å². The summed E-state index contributed by atoms with van der Waals surface area (Å²) in [7, 11) is 0. The average molecular weight is 503 g/mol. The molecule has 188 valence electrons. The fraction of sp³-hybridized carbons (Fsp3) is 0.387. The highest BCUT2D eigenvalue weighted by molar-refractivity contribution is 6.30. The van der Waals surface area contributed by atoms with E-state index in [9.17, 15) is 4.79 Å². The number of hydrogen-bond donors (Lipinski definition) is 0. The zero-order valence-corrected chi connectivity index (χ0v) is 23.0. The molecule has 4 nitrogen and oxygen atoms in total. The topological polar surface area (TPSA) is 54.9 Å². The Bertz CT molecular complexity index is 1340. The molecule has 2 aromatic rings. The van der Waals surface area contributed by atoms with E-state index >= 15 is 0 Å². The fourth-order valence-electron chi connectivity index (χ4n) is 4.56. The number of halogens is 1. The normalized spacial score (nSPS) is 20.2. The van der Waals surface area contributed by atoms with E-state index < -0.39 is 0 Å². The first kappa shape index (κ1) is 26.1. The van der Waals surface area contributed by atoms with Gasteiger partial charge in [-0.25, -0.2) is 0 Å². The summed E-state index contributed by atoms with van der Waals surface area (Å²) in [5.41, 5.74) is 4.31. The van der Waals surface area contributed by atoms with Crippen LogP contribution in [0.2, 0.25) is 5.02 Å². The van der Waals surface area contributed by atoms with Gasteiger partial charge in [-0.3, -0.25) is 4.79 Å². The van der Waals surface area contributed by atoms with E-state index in [-0.39, 0.29) is 16.6 Å². The van der Waals surface area contributed by atoms with Crippen molar-refractivity contribution in [3.8, 4) is 0 Å². The summed E-state index contributed by atoms with van der Waals surface area (Å²) >= 11 is 6.18. The molecule has 1 aromatic carbocycles. The molecule has 0 aliphatic heterocycles. The number of ketones is 1. The molecule has 2 aliphatic carbocycles. The van der Waals surface area contributed by atoms with Gasteiger partial charge < -0.3 is 4.42 Å². The lowest BCUT2D eigenvalue weighted by Crippen LogP contribution is -2.25. The maximum absolute atomic E-state index is 13.7. The van der Waals surface area contributed by atoms with Crippen LogP contribution in [0.4, 0.5) is 5.69 Å². The maximum Gasteiger partial charge on any atom is 0.185 e. The number of fused-ring (bicyclic) bond motifs is 1. The summed E-state index contributed by atoms with van der Waals surface area (Å²) in [5.74, 6) is 2.05. The summed E-state index contributed by atoms with van der Waals surface area (Å²) in [6.45, 7) is 14.7. The number of Topliss-reactive ketones (excluding diaryl/α,β-unsaturated/α-hetero) is 1. The van der Waals surface area contributed by atoms with Crippen LogP contribution in [0.3, 0.4) is 0 Å². The molecule has 5 heteroatoms. The van der Waals surface area contributed by atoms with Gasteiger partial charge in [-0.1, -0.05) is 78.3 Å². The lowest BCUT2D eigenvalue weighted by molar-refractivity contribution is -0.113. The number of azo groups is 1. The number of allylic oxidation sites excluding steroid dienone is 6. The van der Waals surface area contributed by atoms with Crippen molar-refractivity contribution in [2.75, 3.05) is 0 Å². The smallest absolute Gasteiger partial charge is 0.185 e. The van der Waals surface area contributed by atoms with Gasteiger partial charge in [0.2, 0.25) is 0 Å². The third-order valence-corrected chi connectivity index (χ3v) is 6.76.